The highest BCUT2D eigenvalue weighted by Crippen LogP contribution is 2.43. The van der Waals surface area contributed by atoms with Crippen LogP contribution in [0.1, 0.15) is 29.5 Å². The van der Waals surface area contributed by atoms with E-state index in [4.69, 9.17) is 5.14 Å². The van der Waals surface area contributed by atoms with Gasteiger partial charge in [-0.25, -0.2) is 13.6 Å². The lowest BCUT2D eigenvalue weighted by Gasteiger charge is -2.11. The van der Waals surface area contributed by atoms with E-state index in [0.717, 1.165) is 23.3 Å². The maximum absolute atomic E-state index is 13.2. The Morgan fingerprint density at radius 2 is 1.33 bits per heavy atom. The largest absolute Gasteiger partial charge is 0.416 e. The Morgan fingerprint density at radius 3 is 1.70 bits per heavy atom. The van der Waals surface area contributed by atoms with Crippen molar-refractivity contribution in [1.82, 2.24) is 0 Å². The van der Waals surface area contributed by atoms with Crippen LogP contribution in [0.5, 0.6) is 0 Å². The zero-order valence-corrected chi connectivity index (χ0v) is 14.9. The van der Waals surface area contributed by atoms with Crippen LogP contribution in [0.4, 0.5) is 17.6 Å². The van der Waals surface area contributed by atoms with Crippen LogP contribution in [0, 0.1) is 5.92 Å². The summed E-state index contributed by atoms with van der Waals surface area (Å²) >= 11 is 0. The number of rotatable bonds is 4. The number of hydrogen-bond acceptors (Lipinski definition) is 2. The van der Waals surface area contributed by atoms with E-state index in [1.54, 1.807) is 12.1 Å². The average molecular weight is 399 g/mol. The normalized spacial score (nSPS) is 18.2. The molecule has 0 aliphatic heterocycles. The molecule has 0 heterocycles. The van der Waals surface area contributed by atoms with E-state index >= 15 is 0 Å². The standard InChI is InChI=1S/C19H17F4NO2S/c20-11-12-9-17(13-1-5-15(6-2-13)19(21,22)23)18(10-12)14-3-7-16(8-4-14)27(24,25)26/h1-8,12H,9-11H2,(H2,24,25,26). The van der Waals surface area contributed by atoms with Gasteiger partial charge in [0.2, 0.25) is 10.0 Å². The second-order valence-electron chi connectivity index (χ2n) is 6.53. The van der Waals surface area contributed by atoms with Gasteiger partial charge in [0.1, 0.15) is 0 Å². The third-order valence-electron chi connectivity index (χ3n) is 4.66. The summed E-state index contributed by atoms with van der Waals surface area (Å²) in [5.74, 6) is -0.254. The molecule has 0 fully saturated rings. The predicted octanol–water partition coefficient (Wildman–Crippen LogP) is 4.64. The summed E-state index contributed by atoms with van der Waals surface area (Å²) in [4.78, 5) is -0.0389. The Hall–Kier alpha value is -2.19. The van der Waals surface area contributed by atoms with Gasteiger partial charge in [-0.05, 0) is 65.3 Å². The fraction of sp³-hybridized carbons (Fsp3) is 0.263. The molecule has 2 N–H and O–H groups in total. The van der Waals surface area contributed by atoms with Gasteiger partial charge >= 0.3 is 6.18 Å². The number of sulfonamides is 1. The highest BCUT2D eigenvalue weighted by atomic mass is 32.2. The number of allylic oxidation sites excluding steroid dienone is 2. The minimum atomic E-state index is -4.42. The second kappa shape index (κ2) is 7.09. The molecule has 27 heavy (non-hydrogen) atoms. The van der Waals surface area contributed by atoms with E-state index in [1.165, 1.54) is 24.3 Å². The van der Waals surface area contributed by atoms with Crippen LogP contribution >= 0.6 is 0 Å². The molecule has 0 spiro atoms. The first kappa shape index (κ1) is 19.6. The van der Waals surface area contributed by atoms with Crippen molar-refractivity contribution in [2.75, 3.05) is 6.67 Å². The van der Waals surface area contributed by atoms with Crippen molar-refractivity contribution >= 4 is 21.2 Å². The highest BCUT2D eigenvalue weighted by molar-refractivity contribution is 7.89. The fourth-order valence-corrected chi connectivity index (χ4v) is 3.81. The molecule has 1 unspecified atom stereocenters. The van der Waals surface area contributed by atoms with Gasteiger partial charge in [-0.3, -0.25) is 4.39 Å². The van der Waals surface area contributed by atoms with Crippen LogP contribution in [0.25, 0.3) is 11.1 Å². The Kier molecular flexibility index (Phi) is 5.14. The van der Waals surface area contributed by atoms with Crippen molar-refractivity contribution in [2.45, 2.75) is 23.9 Å². The van der Waals surface area contributed by atoms with Gasteiger partial charge in [0.15, 0.2) is 0 Å². The minimum absolute atomic E-state index is 0.0389. The van der Waals surface area contributed by atoms with Gasteiger partial charge in [0.05, 0.1) is 17.1 Å². The molecular formula is C19H17F4NO2S. The molecular weight excluding hydrogens is 382 g/mol. The number of primary sulfonamides is 1. The Bertz CT molecular complexity index is 962. The predicted molar refractivity (Wildman–Crippen MR) is 94.8 cm³/mol. The summed E-state index contributed by atoms with van der Waals surface area (Å²) < 4.78 is 74.3. The molecule has 3 nitrogen and oxygen atoms in total. The van der Waals surface area contributed by atoms with Gasteiger partial charge in [0, 0.05) is 0 Å². The average Bonchev–Trinajstić information content (AvgIpc) is 3.05. The smallest absolute Gasteiger partial charge is 0.251 e. The molecule has 8 heteroatoms. The molecule has 0 saturated carbocycles. The Morgan fingerprint density at radius 1 is 0.889 bits per heavy atom. The van der Waals surface area contributed by atoms with E-state index in [-0.39, 0.29) is 10.8 Å². The maximum atomic E-state index is 13.2. The Labute approximate surface area is 154 Å². The summed E-state index contributed by atoms with van der Waals surface area (Å²) in [5.41, 5.74) is 2.14. The molecule has 144 valence electrons. The van der Waals surface area contributed by atoms with E-state index in [2.05, 4.69) is 0 Å². The van der Waals surface area contributed by atoms with Crippen molar-refractivity contribution in [2.24, 2.45) is 11.1 Å². The Balaban J connectivity index is 2.01. The first-order chi connectivity index (χ1) is 12.6. The number of alkyl halides is 4. The topological polar surface area (TPSA) is 60.2 Å². The first-order valence-electron chi connectivity index (χ1n) is 8.18. The number of benzene rings is 2. The zero-order chi connectivity index (χ0) is 19.8. The quantitative estimate of drug-likeness (QED) is 0.762. The van der Waals surface area contributed by atoms with Crippen molar-refractivity contribution in [3.05, 3.63) is 65.2 Å². The summed E-state index contributed by atoms with van der Waals surface area (Å²) in [6.45, 7) is -0.539. The van der Waals surface area contributed by atoms with Crippen molar-refractivity contribution < 1.29 is 26.0 Å². The van der Waals surface area contributed by atoms with Crippen LogP contribution in [0.3, 0.4) is 0 Å². The number of hydrogen-bond donors (Lipinski definition) is 1. The molecule has 3 rings (SSSR count). The van der Waals surface area contributed by atoms with Crippen LogP contribution in [0.2, 0.25) is 0 Å². The molecule has 2 aromatic rings. The van der Waals surface area contributed by atoms with Crippen molar-refractivity contribution in [1.29, 1.82) is 0 Å². The lowest BCUT2D eigenvalue weighted by atomic mass is 9.96. The van der Waals surface area contributed by atoms with Gasteiger partial charge in [-0.1, -0.05) is 24.3 Å². The third-order valence-corrected chi connectivity index (χ3v) is 5.59. The van der Waals surface area contributed by atoms with Crippen LogP contribution in [0.15, 0.2) is 53.4 Å². The van der Waals surface area contributed by atoms with E-state index in [0.29, 0.717) is 24.0 Å². The zero-order valence-electron chi connectivity index (χ0n) is 14.1. The molecule has 2 aromatic carbocycles. The molecule has 1 atom stereocenters. The SMILES string of the molecule is NS(=O)(=O)c1ccc(C2=C(c3ccc(C(F)(F)F)cc3)CC(CF)C2)cc1. The van der Waals surface area contributed by atoms with Gasteiger partial charge in [0.25, 0.3) is 0 Å². The maximum Gasteiger partial charge on any atom is 0.416 e. The molecule has 0 aromatic heterocycles. The molecule has 0 saturated heterocycles. The van der Waals surface area contributed by atoms with E-state index in [1.807, 2.05) is 0 Å². The number of nitrogens with two attached hydrogens (primary N) is 1. The van der Waals surface area contributed by atoms with Crippen LogP contribution in [-0.4, -0.2) is 15.1 Å². The second-order valence-corrected chi connectivity index (χ2v) is 8.09. The van der Waals surface area contributed by atoms with Crippen molar-refractivity contribution in [3.8, 4) is 0 Å². The first-order valence-corrected chi connectivity index (χ1v) is 9.73. The van der Waals surface area contributed by atoms with E-state index in [9.17, 15) is 26.0 Å². The highest BCUT2D eigenvalue weighted by Gasteiger charge is 2.31. The molecule has 0 bridgehead atoms. The van der Waals surface area contributed by atoms with Gasteiger partial charge < -0.3 is 0 Å². The summed E-state index contributed by atoms with van der Waals surface area (Å²) in [5, 5.41) is 5.09. The summed E-state index contributed by atoms with van der Waals surface area (Å²) in [6.07, 6.45) is -3.58. The lowest BCUT2D eigenvalue weighted by Crippen LogP contribution is -2.11. The van der Waals surface area contributed by atoms with Gasteiger partial charge in [-0.2, -0.15) is 13.2 Å². The fourth-order valence-electron chi connectivity index (χ4n) is 3.30. The minimum Gasteiger partial charge on any atom is -0.251 e. The van der Waals surface area contributed by atoms with Crippen LogP contribution < -0.4 is 5.14 Å². The summed E-state index contributed by atoms with van der Waals surface area (Å²) in [7, 11) is -3.83. The third kappa shape index (κ3) is 4.22. The molecule has 1 aliphatic carbocycles. The van der Waals surface area contributed by atoms with Gasteiger partial charge in [-0.15, -0.1) is 0 Å². The van der Waals surface area contributed by atoms with Crippen molar-refractivity contribution in [3.63, 3.8) is 0 Å². The molecule has 0 amide bonds. The molecule has 1 aliphatic rings. The summed E-state index contributed by atoms with van der Waals surface area (Å²) in [6, 6.07) is 10.7. The monoisotopic (exact) mass is 399 g/mol. The number of halogens is 4. The van der Waals surface area contributed by atoms with Crippen LogP contribution in [-0.2, 0) is 16.2 Å². The van der Waals surface area contributed by atoms with E-state index < -0.39 is 28.4 Å². The lowest BCUT2D eigenvalue weighted by molar-refractivity contribution is -0.137. The molecule has 0 radical (unpaired) electrons.